The van der Waals surface area contributed by atoms with E-state index in [1.165, 1.54) is 0 Å². The molecule has 0 heterocycles. The van der Waals surface area contributed by atoms with E-state index < -0.39 is 0 Å². The lowest BCUT2D eigenvalue weighted by Gasteiger charge is -1.93. The third-order valence-corrected chi connectivity index (χ3v) is 2.04. The monoisotopic (exact) mass is 265 g/mol. The van der Waals surface area contributed by atoms with Crippen molar-refractivity contribution in [3.63, 3.8) is 0 Å². The Morgan fingerprint density at radius 3 is 2.70 bits per heavy atom. The molecule has 0 unspecified atom stereocenters. The van der Waals surface area contributed by atoms with Gasteiger partial charge in [-0.05, 0) is 40.8 Å². The van der Waals surface area contributed by atoms with Crippen LogP contribution in [0.15, 0.2) is 18.2 Å². The molecule has 0 aromatic heterocycles. The van der Waals surface area contributed by atoms with Gasteiger partial charge in [0.15, 0.2) is 0 Å². The van der Waals surface area contributed by atoms with Gasteiger partial charge >= 0.3 is 0 Å². The van der Waals surface area contributed by atoms with Crippen LogP contribution in [0.3, 0.4) is 0 Å². The van der Waals surface area contributed by atoms with Gasteiger partial charge < -0.3 is 0 Å². The Hall–Kier alpha value is -0.0900. The number of hydrogen-bond donors (Lipinski definition) is 0. The summed E-state index contributed by atoms with van der Waals surface area (Å²) >= 11 is 7.74. The molecule has 0 amide bonds. The molecule has 1 nitrogen and oxygen atoms in total. The van der Waals surface area contributed by atoms with Gasteiger partial charge in [0.05, 0.1) is 5.02 Å². The lowest BCUT2D eigenvalue weighted by Crippen LogP contribution is -1.82. The molecule has 1 aromatic carbocycles. The summed E-state index contributed by atoms with van der Waals surface area (Å²) in [5, 5.41) is 0.454. The van der Waals surface area contributed by atoms with Crippen LogP contribution in [0, 0.1) is 3.57 Å². The second-order valence-corrected chi connectivity index (χ2v) is 3.38. The van der Waals surface area contributed by atoms with Crippen molar-refractivity contribution in [3.8, 4) is 0 Å². The molecule has 0 fully saturated rings. The minimum Gasteiger partial charge on any atom is -0.285 e. The van der Waals surface area contributed by atoms with E-state index in [1.807, 2.05) is 6.07 Å². The van der Waals surface area contributed by atoms with Crippen molar-refractivity contribution in [2.24, 2.45) is 0 Å². The minimum atomic E-state index is 0.425. The Morgan fingerprint density at radius 1 is 1.50 bits per heavy atom. The smallest absolute Gasteiger partial charge is 0.235 e. The lowest BCUT2D eigenvalue weighted by atomic mass is 10.2. The molecule has 0 spiro atoms. The maximum Gasteiger partial charge on any atom is 0.235 e. The van der Waals surface area contributed by atoms with E-state index in [0.29, 0.717) is 10.6 Å². The summed E-state index contributed by atoms with van der Waals surface area (Å²) in [6.07, 6.45) is 1.75. The standard InChI is InChI=1S/C7H3ClIO/c8-7-2-1-6(9)3-5(7)4-10/h1-3H. The molecule has 1 radical (unpaired) electrons. The minimum absolute atomic E-state index is 0.425. The highest BCUT2D eigenvalue weighted by atomic mass is 127. The van der Waals surface area contributed by atoms with Crippen LogP contribution in [0.1, 0.15) is 5.56 Å². The van der Waals surface area contributed by atoms with Crippen LogP contribution in [0.2, 0.25) is 5.02 Å². The summed E-state index contributed by atoms with van der Waals surface area (Å²) in [6, 6.07) is 5.21. The van der Waals surface area contributed by atoms with Crippen LogP contribution in [0.25, 0.3) is 0 Å². The van der Waals surface area contributed by atoms with Crippen LogP contribution < -0.4 is 0 Å². The number of carbonyl (C=O) groups excluding carboxylic acids is 1. The Bertz CT molecular complexity index is 260. The lowest BCUT2D eigenvalue weighted by molar-refractivity contribution is 0.563. The van der Waals surface area contributed by atoms with E-state index in [2.05, 4.69) is 22.6 Å². The number of hydrogen-bond acceptors (Lipinski definition) is 1. The van der Waals surface area contributed by atoms with Crippen LogP contribution in [-0.4, -0.2) is 6.29 Å². The summed E-state index contributed by atoms with van der Waals surface area (Å²) in [5.74, 6) is 0. The van der Waals surface area contributed by atoms with E-state index in [9.17, 15) is 4.79 Å². The molecule has 10 heavy (non-hydrogen) atoms. The Labute approximate surface area is 77.5 Å². The molecular formula is C7H3ClIO. The largest absolute Gasteiger partial charge is 0.285 e. The van der Waals surface area contributed by atoms with Gasteiger partial charge in [0.25, 0.3) is 0 Å². The second-order valence-electron chi connectivity index (χ2n) is 1.73. The normalized spacial score (nSPS) is 9.40. The van der Waals surface area contributed by atoms with E-state index >= 15 is 0 Å². The van der Waals surface area contributed by atoms with Gasteiger partial charge in [-0.1, -0.05) is 11.6 Å². The zero-order valence-corrected chi connectivity index (χ0v) is 7.81. The summed E-state index contributed by atoms with van der Waals surface area (Å²) in [5.41, 5.74) is 0.425. The molecule has 0 aliphatic heterocycles. The molecule has 1 aromatic rings. The zero-order valence-electron chi connectivity index (χ0n) is 4.90. The highest BCUT2D eigenvalue weighted by molar-refractivity contribution is 14.1. The first-order valence-electron chi connectivity index (χ1n) is 2.57. The highest BCUT2D eigenvalue weighted by Gasteiger charge is 1.98. The Balaban J connectivity index is 3.21. The van der Waals surface area contributed by atoms with Gasteiger partial charge in [-0.3, -0.25) is 4.79 Å². The highest BCUT2D eigenvalue weighted by Crippen LogP contribution is 2.16. The average molecular weight is 265 g/mol. The maximum absolute atomic E-state index is 10.2. The van der Waals surface area contributed by atoms with Crippen LogP contribution in [-0.2, 0) is 4.79 Å². The van der Waals surface area contributed by atoms with Gasteiger partial charge in [0, 0.05) is 9.13 Å². The van der Waals surface area contributed by atoms with E-state index in [4.69, 9.17) is 11.6 Å². The Kier molecular flexibility index (Phi) is 2.68. The van der Waals surface area contributed by atoms with E-state index in [-0.39, 0.29) is 0 Å². The fourth-order valence-corrected chi connectivity index (χ4v) is 1.22. The van der Waals surface area contributed by atoms with Gasteiger partial charge in [-0.15, -0.1) is 0 Å². The molecule has 0 aliphatic rings. The molecule has 0 saturated carbocycles. The SMILES string of the molecule is O=[C]c1cc(I)ccc1Cl. The van der Waals surface area contributed by atoms with E-state index in [1.54, 1.807) is 18.4 Å². The number of benzene rings is 1. The van der Waals surface area contributed by atoms with Crippen LogP contribution >= 0.6 is 34.2 Å². The molecule has 1 rings (SSSR count). The van der Waals surface area contributed by atoms with Gasteiger partial charge in [0.2, 0.25) is 6.29 Å². The first kappa shape index (κ1) is 8.01. The predicted molar refractivity (Wildman–Crippen MR) is 49.0 cm³/mol. The van der Waals surface area contributed by atoms with Crippen molar-refractivity contribution in [1.29, 1.82) is 0 Å². The summed E-state index contributed by atoms with van der Waals surface area (Å²) in [4.78, 5) is 10.2. The molecule has 0 atom stereocenters. The topological polar surface area (TPSA) is 17.1 Å². The predicted octanol–water partition coefficient (Wildman–Crippen LogP) is 2.40. The number of rotatable bonds is 1. The third-order valence-electron chi connectivity index (χ3n) is 1.04. The first-order valence-corrected chi connectivity index (χ1v) is 4.03. The summed E-state index contributed by atoms with van der Waals surface area (Å²) in [7, 11) is 0. The molecule has 0 N–H and O–H groups in total. The molecule has 0 saturated heterocycles. The third kappa shape index (κ3) is 1.70. The molecule has 3 heteroatoms. The maximum atomic E-state index is 10.2. The summed E-state index contributed by atoms with van der Waals surface area (Å²) in [6.45, 7) is 0. The molecular weight excluding hydrogens is 262 g/mol. The second kappa shape index (κ2) is 3.34. The Morgan fingerprint density at radius 2 is 2.20 bits per heavy atom. The quantitative estimate of drug-likeness (QED) is 0.713. The van der Waals surface area contributed by atoms with Crippen molar-refractivity contribution >= 4 is 40.5 Å². The molecule has 0 aliphatic carbocycles. The van der Waals surface area contributed by atoms with Crippen molar-refractivity contribution < 1.29 is 4.79 Å². The van der Waals surface area contributed by atoms with Crippen molar-refractivity contribution in [1.82, 2.24) is 0 Å². The molecule has 51 valence electrons. The fourth-order valence-electron chi connectivity index (χ4n) is 0.576. The summed E-state index contributed by atoms with van der Waals surface area (Å²) < 4.78 is 0.986. The number of halogens is 2. The average Bonchev–Trinajstić information content (AvgIpc) is 1.94. The van der Waals surface area contributed by atoms with Crippen molar-refractivity contribution in [2.75, 3.05) is 0 Å². The fraction of sp³-hybridized carbons (Fsp3) is 0. The van der Waals surface area contributed by atoms with Gasteiger partial charge in [0.1, 0.15) is 0 Å². The molecule has 0 bridgehead atoms. The van der Waals surface area contributed by atoms with Crippen molar-refractivity contribution in [3.05, 3.63) is 32.4 Å². The van der Waals surface area contributed by atoms with Crippen LogP contribution in [0.4, 0.5) is 0 Å². The van der Waals surface area contributed by atoms with Crippen LogP contribution in [0.5, 0.6) is 0 Å². The van der Waals surface area contributed by atoms with Gasteiger partial charge in [-0.25, -0.2) is 0 Å². The van der Waals surface area contributed by atoms with E-state index in [0.717, 1.165) is 3.57 Å². The first-order chi connectivity index (χ1) is 4.74. The van der Waals surface area contributed by atoms with Crippen molar-refractivity contribution in [2.45, 2.75) is 0 Å². The zero-order chi connectivity index (χ0) is 7.56. The van der Waals surface area contributed by atoms with Gasteiger partial charge in [-0.2, -0.15) is 0 Å².